The fraction of sp³-hybridized carbons (Fsp3) is 0.976. The van der Waals surface area contributed by atoms with Crippen LogP contribution in [0.2, 0.25) is 0 Å². The predicted molar refractivity (Wildman–Crippen MR) is 389 cm³/mol. The second kappa shape index (κ2) is 78.3. The Morgan fingerprint density at radius 2 is 0.466 bits per heavy atom. The summed E-state index contributed by atoms with van der Waals surface area (Å²) >= 11 is 0. The van der Waals surface area contributed by atoms with Crippen molar-refractivity contribution in [2.45, 2.75) is 501 Å². The van der Waals surface area contributed by atoms with Crippen LogP contribution in [0.1, 0.15) is 489 Å². The molecule has 0 aromatic carbocycles. The second-order valence-electron chi connectivity index (χ2n) is 28.8. The highest BCUT2D eigenvalue weighted by molar-refractivity contribution is 5.76. The van der Waals surface area contributed by atoms with E-state index < -0.39 is 12.1 Å². The van der Waals surface area contributed by atoms with Crippen LogP contribution in [0.25, 0.3) is 0 Å². The molecule has 6 nitrogen and oxygen atoms in total. The Morgan fingerprint density at radius 3 is 0.693 bits per heavy atom. The molecule has 6 heteroatoms. The molecule has 0 aliphatic carbocycles. The number of carbonyl (C=O) groups is 2. The summed E-state index contributed by atoms with van der Waals surface area (Å²) in [6, 6.07) is -0.539. The van der Waals surface area contributed by atoms with Gasteiger partial charge in [0.15, 0.2) is 0 Å². The molecule has 0 aromatic heterocycles. The van der Waals surface area contributed by atoms with Crippen LogP contribution in [0.5, 0.6) is 0 Å². The van der Waals surface area contributed by atoms with Crippen LogP contribution in [0.15, 0.2) is 0 Å². The summed E-state index contributed by atoms with van der Waals surface area (Å²) in [6.07, 6.45) is 97.8. The molecule has 0 saturated heterocycles. The minimum Gasteiger partial charge on any atom is -0.466 e. The van der Waals surface area contributed by atoms with Crippen molar-refractivity contribution in [1.82, 2.24) is 5.32 Å². The molecule has 2 atom stereocenters. The van der Waals surface area contributed by atoms with Gasteiger partial charge in [0.05, 0.1) is 25.4 Å². The van der Waals surface area contributed by atoms with Gasteiger partial charge in [-0.2, -0.15) is 0 Å². The van der Waals surface area contributed by atoms with E-state index in [4.69, 9.17) is 4.74 Å². The number of rotatable bonds is 79. The summed E-state index contributed by atoms with van der Waals surface area (Å²) < 4.78 is 5.51. The largest absolute Gasteiger partial charge is 0.466 e. The molecule has 0 saturated carbocycles. The Hall–Kier alpha value is -1.14. The van der Waals surface area contributed by atoms with Crippen LogP contribution in [-0.4, -0.2) is 47.4 Å². The molecular weight excluding hydrogens is 1080 g/mol. The average Bonchev–Trinajstić information content (AvgIpc) is 3.58. The highest BCUT2D eigenvalue weighted by Crippen LogP contribution is 2.21. The van der Waals surface area contributed by atoms with Gasteiger partial charge in [0.1, 0.15) is 0 Å². The molecule has 0 bridgehead atoms. The number of aliphatic hydroxyl groups excluding tert-OH is 2. The maximum atomic E-state index is 12.6. The molecule has 0 fully saturated rings. The van der Waals surface area contributed by atoms with Crippen LogP contribution in [0, 0.1) is 0 Å². The SMILES string of the molecule is CCCCCCCCCCCCCCCCCCCCCCCCCCC(O)C(CO)NC(=O)CCCCCCCCCCCCCCCCCCCCCCCCCCCCCCCCCOC(=O)CCCCCCCCCCCCCCCCCC. The van der Waals surface area contributed by atoms with Crippen LogP contribution in [0.3, 0.4) is 0 Å². The number of aliphatic hydroxyl groups is 2. The van der Waals surface area contributed by atoms with Crippen LogP contribution in [0.4, 0.5) is 0 Å². The van der Waals surface area contributed by atoms with E-state index in [2.05, 4.69) is 19.2 Å². The van der Waals surface area contributed by atoms with E-state index in [0.29, 0.717) is 25.9 Å². The van der Waals surface area contributed by atoms with Gasteiger partial charge in [-0.05, 0) is 25.7 Å². The van der Waals surface area contributed by atoms with Gasteiger partial charge in [-0.1, -0.05) is 450 Å². The van der Waals surface area contributed by atoms with E-state index in [9.17, 15) is 19.8 Å². The number of carbonyl (C=O) groups excluding carboxylic acids is 2. The summed E-state index contributed by atoms with van der Waals surface area (Å²) in [5, 5.41) is 23.5. The number of ether oxygens (including phenoxy) is 1. The number of unbranched alkanes of at least 4 members (excludes halogenated alkanes) is 68. The molecule has 0 spiro atoms. The van der Waals surface area contributed by atoms with E-state index in [0.717, 1.165) is 38.5 Å². The summed E-state index contributed by atoms with van der Waals surface area (Å²) in [4.78, 5) is 24.7. The molecule has 88 heavy (non-hydrogen) atoms. The third-order valence-electron chi connectivity index (χ3n) is 19.9. The minimum atomic E-state index is -0.662. The fourth-order valence-corrected chi connectivity index (χ4v) is 13.6. The topological polar surface area (TPSA) is 95.9 Å². The minimum absolute atomic E-state index is 0.0239. The third kappa shape index (κ3) is 73.9. The summed E-state index contributed by atoms with van der Waals surface area (Å²) in [7, 11) is 0. The molecule has 0 aromatic rings. The van der Waals surface area contributed by atoms with Crippen molar-refractivity contribution >= 4 is 11.9 Å². The molecule has 1 amide bonds. The number of hydrogen-bond acceptors (Lipinski definition) is 5. The van der Waals surface area contributed by atoms with Gasteiger partial charge in [0.2, 0.25) is 5.91 Å². The monoisotopic (exact) mass is 1240 g/mol. The summed E-state index contributed by atoms with van der Waals surface area (Å²) in [6.45, 7) is 5.03. The van der Waals surface area contributed by atoms with E-state index in [1.807, 2.05) is 0 Å². The number of esters is 1. The lowest BCUT2D eigenvalue weighted by molar-refractivity contribution is -0.143. The zero-order valence-corrected chi connectivity index (χ0v) is 60.5. The molecule has 526 valence electrons. The van der Waals surface area contributed by atoms with Crippen LogP contribution in [-0.2, 0) is 14.3 Å². The molecule has 0 aliphatic rings. The molecule has 3 N–H and O–H groups in total. The molecule has 0 aliphatic heterocycles. The number of amides is 1. The third-order valence-corrected chi connectivity index (χ3v) is 19.9. The van der Waals surface area contributed by atoms with Crippen LogP contribution < -0.4 is 5.32 Å². The first kappa shape index (κ1) is 86.9. The number of hydrogen-bond donors (Lipinski definition) is 3. The highest BCUT2D eigenvalue weighted by atomic mass is 16.5. The van der Waals surface area contributed by atoms with Crippen molar-refractivity contribution in [3.05, 3.63) is 0 Å². The van der Waals surface area contributed by atoms with Gasteiger partial charge < -0.3 is 20.3 Å². The first-order valence-corrected chi connectivity index (χ1v) is 41.3. The Kier molecular flexibility index (Phi) is 77.3. The molecule has 0 radical (unpaired) electrons. The van der Waals surface area contributed by atoms with E-state index >= 15 is 0 Å². The quantitative estimate of drug-likeness (QED) is 0.0417. The van der Waals surface area contributed by atoms with Crippen molar-refractivity contribution in [1.29, 1.82) is 0 Å². The Bertz CT molecular complexity index is 1290. The van der Waals surface area contributed by atoms with Crippen LogP contribution >= 0.6 is 0 Å². The lowest BCUT2D eigenvalue weighted by atomic mass is 10.0. The van der Waals surface area contributed by atoms with Gasteiger partial charge in [-0.25, -0.2) is 0 Å². The van der Waals surface area contributed by atoms with Crippen molar-refractivity contribution < 1.29 is 24.5 Å². The normalized spacial score (nSPS) is 12.4. The Balaban J connectivity index is 3.32. The highest BCUT2D eigenvalue weighted by Gasteiger charge is 2.20. The fourth-order valence-electron chi connectivity index (χ4n) is 13.6. The van der Waals surface area contributed by atoms with E-state index in [1.54, 1.807) is 0 Å². The standard InChI is InChI=1S/C82H163NO5/c1-3-5-7-9-11-13-15-17-19-21-22-23-24-34-37-40-43-46-50-54-58-62-66-70-74-80(85)79(78-84)83-81(86)75-71-67-63-59-55-51-47-44-41-38-35-32-30-28-26-25-27-29-31-33-36-39-42-45-49-53-57-61-65-69-73-77-88-82(87)76-72-68-64-60-56-52-48-20-18-16-14-12-10-8-6-4-2/h79-80,84-85H,3-78H2,1-2H3,(H,83,86). The summed E-state index contributed by atoms with van der Waals surface area (Å²) in [5.74, 6) is 0.00197. The van der Waals surface area contributed by atoms with Gasteiger partial charge in [-0.3, -0.25) is 9.59 Å². The molecule has 0 rings (SSSR count). The predicted octanol–water partition coefficient (Wildman–Crippen LogP) is 27.3. The first-order chi connectivity index (χ1) is 43.5. The van der Waals surface area contributed by atoms with E-state index in [-0.39, 0.29) is 18.5 Å². The van der Waals surface area contributed by atoms with Gasteiger partial charge in [-0.15, -0.1) is 0 Å². The van der Waals surface area contributed by atoms with Crippen molar-refractivity contribution in [2.24, 2.45) is 0 Å². The maximum Gasteiger partial charge on any atom is 0.305 e. The summed E-state index contributed by atoms with van der Waals surface area (Å²) in [5.41, 5.74) is 0. The average molecular weight is 1240 g/mol. The first-order valence-electron chi connectivity index (χ1n) is 41.3. The van der Waals surface area contributed by atoms with Crippen molar-refractivity contribution in [3.8, 4) is 0 Å². The van der Waals surface area contributed by atoms with Crippen molar-refractivity contribution in [3.63, 3.8) is 0 Å². The Labute approximate surface area is 553 Å². The van der Waals surface area contributed by atoms with Gasteiger partial charge >= 0.3 is 5.97 Å². The Morgan fingerprint density at radius 1 is 0.273 bits per heavy atom. The maximum absolute atomic E-state index is 12.6. The lowest BCUT2D eigenvalue weighted by Crippen LogP contribution is -2.45. The molecule has 2 unspecified atom stereocenters. The zero-order chi connectivity index (χ0) is 63.5. The van der Waals surface area contributed by atoms with Gasteiger partial charge in [0.25, 0.3) is 0 Å². The van der Waals surface area contributed by atoms with E-state index in [1.165, 1.54) is 417 Å². The lowest BCUT2D eigenvalue weighted by Gasteiger charge is -2.22. The van der Waals surface area contributed by atoms with Crippen molar-refractivity contribution in [2.75, 3.05) is 13.2 Å². The smallest absolute Gasteiger partial charge is 0.305 e. The molecule has 0 heterocycles. The second-order valence-corrected chi connectivity index (χ2v) is 28.8. The number of nitrogens with one attached hydrogen (secondary N) is 1. The van der Waals surface area contributed by atoms with Gasteiger partial charge in [0, 0.05) is 12.8 Å². The zero-order valence-electron chi connectivity index (χ0n) is 60.5. The molecular formula is C82H163NO5.